The van der Waals surface area contributed by atoms with Gasteiger partial charge in [-0.3, -0.25) is 5.32 Å². The molecule has 2 aromatic carbocycles. The second kappa shape index (κ2) is 7.71. The third kappa shape index (κ3) is 4.74. The minimum atomic E-state index is -0.264. The Morgan fingerprint density at radius 1 is 1.12 bits per heavy atom. The van der Waals surface area contributed by atoms with Gasteiger partial charge in [0.15, 0.2) is 5.11 Å². The molecule has 0 aliphatic rings. The number of thiocarbonyl (C=S) groups is 1. The first-order valence-electron chi connectivity index (χ1n) is 7.48. The fourth-order valence-electron chi connectivity index (χ4n) is 2.14. The van der Waals surface area contributed by atoms with Crippen molar-refractivity contribution in [3.63, 3.8) is 0 Å². The summed E-state index contributed by atoms with van der Waals surface area (Å²) in [6.45, 7) is 0.494. The lowest BCUT2D eigenvalue weighted by molar-refractivity contribution is 0.415. The second-order valence-corrected chi connectivity index (χ2v) is 5.61. The number of benzene rings is 2. The molecule has 0 aliphatic carbocycles. The summed E-state index contributed by atoms with van der Waals surface area (Å²) >= 11 is 5.25. The summed E-state index contributed by atoms with van der Waals surface area (Å²) in [7, 11) is 1.61. The zero-order chi connectivity index (χ0) is 17.6. The molecule has 0 amide bonds. The molecule has 0 saturated carbocycles. The molecule has 6 nitrogen and oxygen atoms in total. The zero-order valence-corrected chi connectivity index (χ0v) is 14.3. The molecule has 0 saturated heterocycles. The molecule has 3 aromatic rings. The van der Waals surface area contributed by atoms with Crippen molar-refractivity contribution in [3.8, 4) is 5.75 Å². The van der Waals surface area contributed by atoms with Gasteiger partial charge in [0.1, 0.15) is 17.9 Å². The van der Waals surface area contributed by atoms with Crippen LogP contribution in [0.3, 0.4) is 0 Å². The van der Waals surface area contributed by atoms with Crippen LogP contribution in [-0.2, 0) is 6.54 Å². The highest BCUT2D eigenvalue weighted by atomic mass is 32.1. The van der Waals surface area contributed by atoms with Crippen LogP contribution in [0.5, 0.6) is 5.75 Å². The molecule has 25 heavy (non-hydrogen) atoms. The molecule has 0 spiro atoms. The average molecular weight is 357 g/mol. The largest absolute Gasteiger partial charge is 0.497 e. The molecule has 2 N–H and O–H groups in total. The van der Waals surface area contributed by atoms with Crippen LogP contribution in [0, 0.1) is 5.82 Å². The van der Waals surface area contributed by atoms with Crippen LogP contribution in [0.15, 0.2) is 54.9 Å². The average Bonchev–Trinajstić information content (AvgIpc) is 3.04. The van der Waals surface area contributed by atoms with Crippen LogP contribution in [0.2, 0.25) is 0 Å². The summed E-state index contributed by atoms with van der Waals surface area (Å²) < 4.78 is 19.7. The van der Waals surface area contributed by atoms with Crippen LogP contribution in [0.25, 0.3) is 0 Å². The molecular weight excluding hydrogens is 341 g/mol. The summed E-state index contributed by atoms with van der Waals surface area (Å²) in [5.41, 5.74) is 1.75. The van der Waals surface area contributed by atoms with Crippen molar-refractivity contribution >= 4 is 29.0 Å². The van der Waals surface area contributed by atoms with Crippen molar-refractivity contribution in [2.45, 2.75) is 6.54 Å². The van der Waals surface area contributed by atoms with Crippen LogP contribution >= 0.6 is 12.2 Å². The highest BCUT2D eigenvalue weighted by molar-refractivity contribution is 7.80. The predicted octanol–water partition coefficient (Wildman–Crippen LogP) is 3.28. The number of hydrogen-bond acceptors (Lipinski definition) is 4. The van der Waals surface area contributed by atoms with Gasteiger partial charge in [-0.2, -0.15) is 0 Å². The normalized spacial score (nSPS) is 10.3. The minimum absolute atomic E-state index is 0.264. The molecule has 0 fully saturated rings. The molecule has 1 heterocycles. The number of methoxy groups -OCH3 is 1. The molecule has 3 rings (SSSR count). The first-order valence-corrected chi connectivity index (χ1v) is 7.89. The number of anilines is 2. The van der Waals surface area contributed by atoms with E-state index in [1.807, 2.05) is 24.3 Å². The van der Waals surface area contributed by atoms with E-state index in [0.29, 0.717) is 17.6 Å². The lowest BCUT2D eigenvalue weighted by Gasteiger charge is -2.08. The van der Waals surface area contributed by atoms with Gasteiger partial charge >= 0.3 is 0 Å². The second-order valence-electron chi connectivity index (χ2n) is 5.20. The monoisotopic (exact) mass is 357 g/mol. The SMILES string of the molecule is COc1ccc(NC(=S)Nc2ncn(Cc3ccc(F)cc3)n2)cc1. The van der Waals surface area contributed by atoms with Crippen molar-refractivity contribution in [1.29, 1.82) is 0 Å². The van der Waals surface area contributed by atoms with Gasteiger partial charge in [-0.15, -0.1) is 5.10 Å². The molecule has 0 unspecified atom stereocenters. The number of nitrogens with one attached hydrogen (secondary N) is 2. The number of aromatic nitrogens is 3. The molecule has 128 valence electrons. The first kappa shape index (κ1) is 16.8. The Morgan fingerprint density at radius 2 is 1.84 bits per heavy atom. The lowest BCUT2D eigenvalue weighted by atomic mass is 10.2. The Morgan fingerprint density at radius 3 is 2.52 bits per heavy atom. The third-order valence-electron chi connectivity index (χ3n) is 3.37. The summed E-state index contributed by atoms with van der Waals surface area (Å²) in [5, 5.41) is 10.6. The van der Waals surface area contributed by atoms with Crippen LogP contribution in [-0.4, -0.2) is 27.0 Å². The summed E-state index contributed by atoms with van der Waals surface area (Å²) in [6, 6.07) is 13.6. The zero-order valence-electron chi connectivity index (χ0n) is 13.4. The van der Waals surface area contributed by atoms with Gasteiger partial charge in [0, 0.05) is 5.69 Å². The first-order chi connectivity index (χ1) is 12.1. The van der Waals surface area contributed by atoms with Gasteiger partial charge in [0.2, 0.25) is 5.95 Å². The van der Waals surface area contributed by atoms with Crippen molar-refractivity contribution in [2.24, 2.45) is 0 Å². The number of rotatable bonds is 5. The van der Waals surface area contributed by atoms with Crippen molar-refractivity contribution in [3.05, 3.63) is 66.2 Å². The predicted molar refractivity (Wildman–Crippen MR) is 98.4 cm³/mol. The van der Waals surface area contributed by atoms with E-state index in [2.05, 4.69) is 20.7 Å². The van der Waals surface area contributed by atoms with Gasteiger partial charge in [-0.05, 0) is 54.2 Å². The van der Waals surface area contributed by atoms with E-state index in [0.717, 1.165) is 17.0 Å². The maximum atomic E-state index is 12.9. The van der Waals surface area contributed by atoms with E-state index >= 15 is 0 Å². The maximum Gasteiger partial charge on any atom is 0.248 e. The van der Waals surface area contributed by atoms with E-state index in [4.69, 9.17) is 17.0 Å². The fraction of sp³-hybridized carbons (Fsp3) is 0.118. The summed E-state index contributed by atoms with van der Waals surface area (Å²) in [6.07, 6.45) is 1.59. The van der Waals surface area contributed by atoms with Gasteiger partial charge in [0.25, 0.3) is 0 Å². The Kier molecular flexibility index (Phi) is 5.20. The number of halogens is 1. The van der Waals surface area contributed by atoms with Crippen LogP contribution < -0.4 is 15.4 Å². The number of ether oxygens (including phenoxy) is 1. The van der Waals surface area contributed by atoms with E-state index in [1.165, 1.54) is 12.1 Å². The van der Waals surface area contributed by atoms with Crippen LogP contribution in [0.4, 0.5) is 16.0 Å². The molecule has 0 atom stereocenters. The summed E-state index contributed by atoms with van der Waals surface area (Å²) in [5.74, 6) is 0.887. The Bertz CT molecular complexity index is 848. The topological polar surface area (TPSA) is 64.0 Å². The van der Waals surface area contributed by atoms with E-state index < -0.39 is 0 Å². The Hall–Kier alpha value is -3.00. The van der Waals surface area contributed by atoms with Gasteiger partial charge < -0.3 is 10.1 Å². The molecule has 0 aliphatic heterocycles. The standard InChI is InChI=1S/C17H16FN5OS/c1-24-15-8-6-14(7-9-15)20-17(25)21-16-19-11-23(22-16)10-12-2-4-13(18)5-3-12/h2-9,11H,10H2,1H3,(H2,20,21,22,25). The van der Waals surface area contributed by atoms with Gasteiger partial charge in [-0.1, -0.05) is 12.1 Å². The van der Waals surface area contributed by atoms with Crippen molar-refractivity contribution < 1.29 is 9.13 Å². The fourth-order valence-corrected chi connectivity index (χ4v) is 2.35. The highest BCUT2D eigenvalue weighted by Crippen LogP contribution is 2.15. The highest BCUT2D eigenvalue weighted by Gasteiger charge is 2.05. The summed E-state index contributed by atoms with van der Waals surface area (Å²) in [4.78, 5) is 4.16. The molecule has 0 radical (unpaired) electrons. The quantitative estimate of drug-likeness (QED) is 0.683. The van der Waals surface area contributed by atoms with Gasteiger partial charge in [0.05, 0.1) is 13.7 Å². The van der Waals surface area contributed by atoms with E-state index in [1.54, 1.807) is 30.3 Å². The van der Waals surface area contributed by atoms with Crippen molar-refractivity contribution in [1.82, 2.24) is 14.8 Å². The Labute approximate surface area is 149 Å². The third-order valence-corrected chi connectivity index (χ3v) is 3.57. The molecule has 0 bridgehead atoms. The molecule has 8 heteroatoms. The van der Waals surface area contributed by atoms with E-state index in [-0.39, 0.29) is 5.82 Å². The Balaban J connectivity index is 1.56. The molecule has 1 aromatic heterocycles. The van der Waals surface area contributed by atoms with Crippen molar-refractivity contribution in [2.75, 3.05) is 17.7 Å². The van der Waals surface area contributed by atoms with Gasteiger partial charge in [-0.25, -0.2) is 14.1 Å². The maximum absolute atomic E-state index is 12.9. The number of hydrogen-bond donors (Lipinski definition) is 2. The lowest BCUT2D eigenvalue weighted by Crippen LogP contribution is -2.20. The smallest absolute Gasteiger partial charge is 0.248 e. The van der Waals surface area contributed by atoms with Crippen LogP contribution in [0.1, 0.15) is 5.56 Å². The van der Waals surface area contributed by atoms with E-state index in [9.17, 15) is 4.39 Å². The number of nitrogens with zero attached hydrogens (tertiary/aromatic N) is 3. The minimum Gasteiger partial charge on any atom is -0.497 e. The molecular formula is C17H16FN5OS.